The molecule has 76 valence electrons. The first-order valence-electron chi connectivity index (χ1n) is 5.12. The standard InChI is InChI=1S/C11H16N2O/c1-8-5-6-13-11(10(8)7-12)14-9-3-2-4-9/h5-6,9H,2-4,7,12H2,1H3. The third kappa shape index (κ3) is 1.73. The van der Waals surface area contributed by atoms with Crippen LogP contribution in [0.15, 0.2) is 12.3 Å². The molecule has 0 saturated heterocycles. The van der Waals surface area contributed by atoms with E-state index in [1.807, 2.05) is 13.0 Å². The van der Waals surface area contributed by atoms with Crippen LogP contribution >= 0.6 is 0 Å². The van der Waals surface area contributed by atoms with E-state index in [-0.39, 0.29) is 0 Å². The van der Waals surface area contributed by atoms with Crippen molar-refractivity contribution in [3.8, 4) is 5.88 Å². The van der Waals surface area contributed by atoms with Gasteiger partial charge in [-0.3, -0.25) is 0 Å². The molecule has 0 unspecified atom stereocenters. The Balaban J connectivity index is 2.17. The third-order valence-electron chi connectivity index (χ3n) is 2.79. The van der Waals surface area contributed by atoms with Crippen molar-refractivity contribution in [2.24, 2.45) is 5.73 Å². The van der Waals surface area contributed by atoms with Crippen molar-refractivity contribution in [3.05, 3.63) is 23.4 Å². The summed E-state index contributed by atoms with van der Waals surface area (Å²) in [5.41, 5.74) is 7.87. The molecule has 1 aromatic heterocycles. The Morgan fingerprint density at radius 1 is 1.57 bits per heavy atom. The number of hydrogen-bond acceptors (Lipinski definition) is 3. The van der Waals surface area contributed by atoms with Crippen molar-refractivity contribution >= 4 is 0 Å². The van der Waals surface area contributed by atoms with Gasteiger partial charge in [0, 0.05) is 18.3 Å². The van der Waals surface area contributed by atoms with Crippen LogP contribution in [0.5, 0.6) is 5.88 Å². The molecule has 3 nitrogen and oxygen atoms in total. The summed E-state index contributed by atoms with van der Waals surface area (Å²) < 4.78 is 5.76. The Morgan fingerprint density at radius 3 is 2.93 bits per heavy atom. The zero-order chi connectivity index (χ0) is 9.97. The van der Waals surface area contributed by atoms with Gasteiger partial charge in [0.05, 0.1) is 0 Å². The molecule has 0 amide bonds. The second-order valence-corrected chi connectivity index (χ2v) is 3.79. The molecular formula is C11H16N2O. The van der Waals surface area contributed by atoms with Gasteiger partial charge in [-0.25, -0.2) is 4.98 Å². The van der Waals surface area contributed by atoms with Crippen molar-refractivity contribution < 1.29 is 4.74 Å². The van der Waals surface area contributed by atoms with E-state index in [1.54, 1.807) is 6.20 Å². The Kier molecular flexibility index (Phi) is 2.68. The smallest absolute Gasteiger partial charge is 0.218 e. The van der Waals surface area contributed by atoms with E-state index in [0.717, 1.165) is 29.8 Å². The second kappa shape index (κ2) is 3.96. The second-order valence-electron chi connectivity index (χ2n) is 3.79. The monoisotopic (exact) mass is 192 g/mol. The normalized spacial score (nSPS) is 16.4. The highest BCUT2D eigenvalue weighted by molar-refractivity contribution is 5.33. The van der Waals surface area contributed by atoms with Crippen LogP contribution in [0.1, 0.15) is 30.4 Å². The van der Waals surface area contributed by atoms with Gasteiger partial charge in [0.1, 0.15) is 6.10 Å². The molecule has 1 fully saturated rings. The summed E-state index contributed by atoms with van der Waals surface area (Å²) in [6.45, 7) is 2.54. The SMILES string of the molecule is Cc1ccnc(OC2CCC2)c1CN. The number of ether oxygens (including phenoxy) is 1. The first-order chi connectivity index (χ1) is 6.81. The molecule has 1 aromatic rings. The number of nitrogens with zero attached hydrogens (tertiary/aromatic N) is 1. The van der Waals surface area contributed by atoms with E-state index in [1.165, 1.54) is 6.42 Å². The van der Waals surface area contributed by atoms with Gasteiger partial charge in [-0.1, -0.05) is 0 Å². The molecule has 0 spiro atoms. The van der Waals surface area contributed by atoms with Crippen molar-refractivity contribution in [2.45, 2.75) is 38.8 Å². The topological polar surface area (TPSA) is 48.1 Å². The Labute approximate surface area is 84.3 Å². The number of pyridine rings is 1. The lowest BCUT2D eigenvalue weighted by Gasteiger charge is -2.26. The number of aryl methyl sites for hydroxylation is 1. The summed E-state index contributed by atoms with van der Waals surface area (Å²) in [6.07, 6.45) is 5.73. The van der Waals surface area contributed by atoms with E-state index < -0.39 is 0 Å². The average Bonchev–Trinajstić information content (AvgIpc) is 2.11. The minimum atomic E-state index is 0.370. The molecule has 0 aliphatic heterocycles. The van der Waals surface area contributed by atoms with Gasteiger partial charge in [0.25, 0.3) is 0 Å². The number of nitrogens with two attached hydrogens (primary N) is 1. The number of rotatable bonds is 3. The molecule has 0 radical (unpaired) electrons. The molecular weight excluding hydrogens is 176 g/mol. The Bertz CT molecular complexity index is 321. The fourth-order valence-electron chi connectivity index (χ4n) is 1.56. The van der Waals surface area contributed by atoms with Crippen LogP contribution in [0.25, 0.3) is 0 Å². The van der Waals surface area contributed by atoms with E-state index in [9.17, 15) is 0 Å². The Hall–Kier alpha value is -1.09. The molecule has 0 aromatic carbocycles. The van der Waals surface area contributed by atoms with Crippen molar-refractivity contribution in [1.82, 2.24) is 4.98 Å². The van der Waals surface area contributed by atoms with Crippen molar-refractivity contribution in [2.75, 3.05) is 0 Å². The highest BCUT2D eigenvalue weighted by Gasteiger charge is 2.21. The summed E-state index contributed by atoms with van der Waals surface area (Å²) in [7, 11) is 0. The van der Waals surface area contributed by atoms with Crippen LogP contribution in [0, 0.1) is 6.92 Å². The molecule has 14 heavy (non-hydrogen) atoms. The minimum absolute atomic E-state index is 0.370. The van der Waals surface area contributed by atoms with E-state index >= 15 is 0 Å². The molecule has 2 rings (SSSR count). The maximum Gasteiger partial charge on any atom is 0.218 e. The maximum atomic E-state index is 5.76. The number of hydrogen-bond donors (Lipinski definition) is 1. The van der Waals surface area contributed by atoms with Crippen molar-refractivity contribution in [1.29, 1.82) is 0 Å². The van der Waals surface area contributed by atoms with Crippen LogP contribution in [-0.4, -0.2) is 11.1 Å². The molecule has 1 aliphatic rings. The molecule has 0 atom stereocenters. The summed E-state index contributed by atoms with van der Waals surface area (Å²) in [5, 5.41) is 0. The van der Waals surface area contributed by atoms with Crippen LogP contribution in [-0.2, 0) is 6.54 Å². The molecule has 3 heteroatoms. The van der Waals surface area contributed by atoms with Gasteiger partial charge in [-0.2, -0.15) is 0 Å². The Morgan fingerprint density at radius 2 is 2.36 bits per heavy atom. The predicted octanol–water partition coefficient (Wildman–Crippen LogP) is 1.78. The first-order valence-corrected chi connectivity index (χ1v) is 5.12. The van der Waals surface area contributed by atoms with Crippen LogP contribution < -0.4 is 10.5 Å². The molecule has 1 heterocycles. The largest absolute Gasteiger partial charge is 0.474 e. The maximum absolute atomic E-state index is 5.76. The van der Waals surface area contributed by atoms with Crippen LogP contribution in [0.3, 0.4) is 0 Å². The van der Waals surface area contributed by atoms with Gasteiger partial charge in [-0.15, -0.1) is 0 Å². The van der Waals surface area contributed by atoms with E-state index in [2.05, 4.69) is 4.98 Å². The highest BCUT2D eigenvalue weighted by Crippen LogP contribution is 2.26. The first kappa shape index (κ1) is 9.46. The van der Waals surface area contributed by atoms with Gasteiger partial charge in [0.2, 0.25) is 5.88 Å². The van der Waals surface area contributed by atoms with Gasteiger partial charge in [0.15, 0.2) is 0 Å². The summed E-state index contributed by atoms with van der Waals surface area (Å²) in [4.78, 5) is 4.23. The number of aromatic nitrogens is 1. The van der Waals surface area contributed by atoms with Gasteiger partial charge in [-0.05, 0) is 37.8 Å². The molecule has 1 aliphatic carbocycles. The zero-order valence-corrected chi connectivity index (χ0v) is 8.49. The lowest BCUT2D eigenvalue weighted by atomic mass is 9.96. The lowest BCUT2D eigenvalue weighted by molar-refractivity contribution is 0.113. The van der Waals surface area contributed by atoms with Crippen molar-refractivity contribution in [3.63, 3.8) is 0 Å². The summed E-state index contributed by atoms with van der Waals surface area (Å²) in [6, 6.07) is 1.97. The lowest BCUT2D eigenvalue weighted by Crippen LogP contribution is -2.26. The van der Waals surface area contributed by atoms with E-state index in [4.69, 9.17) is 10.5 Å². The zero-order valence-electron chi connectivity index (χ0n) is 8.49. The van der Waals surface area contributed by atoms with Crippen LogP contribution in [0.2, 0.25) is 0 Å². The fourth-order valence-corrected chi connectivity index (χ4v) is 1.56. The molecule has 1 saturated carbocycles. The fraction of sp³-hybridized carbons (Fsp3) is 0.545. The van der Waals surface area contributed by atoms with Crippen LogP contribution in [0.4, 0.5) is 0 Å². The predicted molar refractivity (Wildman–Crippen MR) is 55.1 cm³/mol. The van der Waals surface area contributed by atoms with Gasteiger partial charge < -0.3 is 10.5 Å². The highest BCUT2D eigenvalue weighted by atomic mass is 16.5. The quantitative estimate of drug-likeness (QED) is 0.794. The van der Waals surface area contributed by atoms with E-state index in [0.29, 0.717) is 12.6 Å². The average molecular weight is 192 g/mol. The summed E-state index contributed by atoms with van der Waals surface area (Å²) >= 11 is 0. The van der Waals surface area contributed by atoms with Gasteiger partial charge >= 0.3 is 0 Å². The molecule has 0 bridgehead atoms. The summed E-state index contributed by atoms with van der Waals surface area (Å²) in [5.74, 6) is 0.734. The third-order valence-corrected chi connectivity index (χ3v) is 2.79. The minimum Gasteiger partial charge on any atom is -0.474 e. The molecule has 2 N–H and O–H groups in total.